The van der Waals surface area contributed by atoms with Crippen LogP contribution in [0.15, 0.2) is 17.8 Å². The number of hydrogen-bond donors (Lipinski definition) is 1. The van der Waals surface area contributed by atoms with Crippen molar-refractivity contribution in [3.05, 3.63) is 24.0 Å². The fraction of sp³-hybridized carbons (Fsp3) is 0.429. The van der Waals surface area contributed by atoms with E-state index in [-0.39, 0.29) is 32.7 Å². The van der Waals surface area contributed by atoms with Gasteiger partial charge in [-0.15, -0.1) is 11.3 Å². The number of halogens is 1. The number of rotatable bonds is 0. The predicted molar refractivity (Wildman–Crippen MR) is 34.2 cm³/mol. The summed E-state index contributed by atoms with van der Waals surface area (Å²) in [7, 11) is 0. The molecular weight excluding hydrogens is 206 g/mol. The van der Waals surface area contributed by atoms with E-state index in [0.29, 0.717) is 12.1 Å². The smallest absolute Gasteiger partial charge is 0.0767 e. The van der Waals surface area contributed by atoms with Gasteiger partial charge in [0.05, 0.1) is 6.17 Å². The predicted octanol–water partition coefficient (Wildman–Crippen LogP) is 1.54. The summed E-state index contributed by atoms with van der Waals surface area (Å²) < 4.78 is 12.6. The van der Waals surface area contributed by atoms with Crippen molar-refractivity contribution in [2.75, 3.05) is 0 Å². The maximum atomic E-state index is 12.6. The fourth-order valence-electron chi connectivity index (χ4n) is 0.708. The number of nitrogens with one attached hydrogen (secondary N) is 1. The SMILES string of the molecule is C=C1N[C-]=C(C)CC1F.[Y]. The molecule has 1 radical (unpaired) electrons. The fourth-order valence-corrected chi connectivity index (χ4v) is 0.708. The molecule has 3 heteroatoms. The zero-order valence-corrected chi connectivity index (χ0v) is 8.79. The van der Waals surface area contributed by atoms with Gasteiger partial charge < -0.3 is 5.32 Å². The van der Waals surface area contributed by atoms with E-state index in [1.54, 1.807) is 0 Å². The zero-order valence-electron chi connectivity index (χ0n) is 5.95. The first kappa shape index (κ1) is 10.3. The van der Waals surface area contributed by atoms with Gasteiger partial charge in [-0.2, -0.15) is 12.8 Å². The molecule has 1 nitrogen and oxygen atoms in total. The summed E-state index contributed by atoms with van der Waals surface area (Å²) in [6, 6.07) is 0. The normalized spacial score (nSPS) is 24.4. The van der Waals surface area contributed by atoms with Gasteiger partial charge in [-0.05, 0) is 6.42 Å². The van der Waals surface area contributed by atoms with Crippen molar-refractivity contribution >= 4 is 0 Å². The van der Waals surface area contributed by atoms with E-state index in [2.05, 4.69) is 18.1 Å². The molecule has 1 aliphatic heterocycles. The topological polar surface area (TPSA) is 12.0 Å². The third-order valence-corrected chi connectivity index (χ3v) is 1.30. The minimum Gasteiger partial charge on any atom is -0.525 e. The average Bonchev–Trinajstić information content (AvgIpc) is 1.80. The van der Waals surface area contributed by atoms with Crippen molar-refractivity contribution in [3.8, 4) is 0 Å². The molecule has 1 heterocycles. The summed E-state index contributed by atoms with van der Waals surface area (Å²) in [6.07, 6.45) is 2.30. The van der Waals surface area contributed by atoms with Gasteiger partial charge >= 0.3 is 0 Å². The molecule has 0 aliphatic carbocycles. The number of alkyl halides is 1. The van der Waals surface area contributed by atoms with Gasteiger partial charge in [0.15, 0.2) is 0 Å². The quantitative estimate of drug-likeness (QED) is 0.604. The van der Waals surface area contributed by atoms with E-state index in [1.807, 2.05) is 6.92 Å². The van der Waals surface area contributed by atoms with E-state index in [4.69, 9.17) is 0 Å². The van der Waals surface area contributed by atoms with Gasteiger partial charge in [0.1, 0.15) is 0 Å². The number of allylic oxidation sites excluding steroid dienone is 2. The molecule has 0 fully saturated rings. The Morgan fingerprint density at radius 3 is 2.80 bits per heavy atom. The van der Waals surface area contributed by atoms with E-state index in [9.17, 15) is 4.39 Å². The van der Waals surface area contributed by atoms with E-state index in [1.165, 1.54) is 0 Å². The van der Waals surface area contributed by atoms with Gasteiger partial charge in [0.2, 0.25) is 0 Å². The Kier molecular flexibility index (Phi) is 4.38. The maximum Gasteiger partial charge on any atom is 0.0767 e. The van der Waals surface area contributed by atoms with Crippen LogP contribution in [-0.4, -0.2) is 6.17 Å². The largest absolute Gasteiger partial charge is 0.525 e. The first-order chi connectivity index (χ1) is 4.20. The maximum absolute atomic E-state index is 12.6. The Morgan fingerprint density at radius 2 is 2.40 bits per heavy atom. The first-order valence-electron chi connectivity index (χ1n) is 2.87. The van der Waals surface area contributed by atoms with Crippen LogP contribution in [0, 0.1) is 6.20 Å². The van der Waals surface area contributed by atoms with Crippen molar-refractivity contribution in [1.82, 2.24) is 5.32 Å². The third kappa shape index (κ3) is 2.51. The second-order valence-corrected chi connectivity index (χ2v) is 2.23. The van der Waals surface area contributed by atoms with Gasteiger partial charge in [0.25, 0.3) is 0 Å². The second-order valence-electron chi connectivity index (χ2n) is 2.23. The summed E-state index contributed by atoms with van der Waals surface area (Å²) >= 11 is 0. The van der Waals surface area contributed by atoms with E-state index < -0.39 is 6.17 Å². The van der Waals surface area contributed by atoms with Crippen LogP contribution < -0.4 is 5.32 Å². The van der Waals surface area contributed by atoms with Crippen molar-refractivity contribution in [2.45, 2.75) is 19.5 Å². The zero-order chi connectivity index (χ0) is 6.85. The molecular formula is C7H9FNY-. The summed E-state index contributed by atoms with van der Waals surface area (Å²) in [5, 5.41) is 2.62. The summed E-state index contributed by atoms with van der Waals surface area (Å²) in [4.78, 5) is 0. The van der Waals surface area contributed by atoms with Crippen molar-refractivity contribution < 1.29 is 37.1 Å². The summed E-state index contributed by atoms with van der Waals surface area (Å²) in [6.45, 7) is 5.31. The van der Waals surface area contributed by atoms with Crippen LogP contribution in [-0.2, 0) is 32.7 Å². The molecule has 0 saturated heterocycles. The van der Waals surface area contributed by atoms with Crippen molar-refractivity contribution in [3.63, 3.8) is 0 Å². The Morgan fingerprint density at radius 1 is 1.80 bits per heavy atom. The third-order valence-electron chi connectivity index (χ3n) is 1.30. The molecule has 0 spiro atoms. The van der Waals surface area contributed by atoms with Crippen LogP contribution in [0.5, 0.6) is 0 Å². The first-order valence-corrected chi connectivity index (χ1v) is 2.87. The number of hydrogen-bond acceptors (Lipinski definition) is 1. The Bertz CT molecular complexity index is 165. The molecule has 10 heavy (non-hydrogen) atoms. The van der Waals surface area contributed by atoms with Gasteiger partial charge in [0, 0.05) is 32.7 Å². The van der Waals surface area contributed by atoms with E-state index >= 15 is 0 Å². The molecule has 0 aromatic heterocycles. The van der Waals surface area contributed by atoms with Crippen LogP contribution in [0.3, 0.4) is 0 Å². The Hall–Kier alpha value is 0.314. The van der Waals surface area contributed by atoms with Gasteiger partial charge in [-0.3, -0.25) is 4.39 Å². The van der Waals surface area contributed by atoms with E-state index in [0.717, 1.165) is 5.57 Å². The molecule has 0 bridgehead atoms. The molecule has 0 amide bonds. The standard InChI is InChI=1S/C7H9FN.Y/c1-5-3-7(8)6(2)9-4-5;/h7,9H,2-3H2,1H3;/q-1;. The van der Waals surface area contributed by atoms with Gasteiger partial charge in [-0.25, -0.2) is 0 Å². The van der Waals surface area contributed by atoms with Crippen molar-refractivity contribution in [1.29, 1.82) is 0 Å². The van der Waals surface area contributed by atoms with Gasteiger partial charge in [-0.1, -0.05) is 6.92 Å². The van der Waals surface area contributed by atoms with Crippen LogP contribution in [0.25, 0.3) is 0 Å². The van der Waals surface area contributed by atoms with Crippen molar-refractivity contribution in [2.24, 2.45) is 0 Å². The minimum absolute atomic E-state index is 0. The molecule has 1 atom stereocenters. The minimum atomic E-state index is -0.925. The molecule has 0 aromatic rings. The van der Waals surface area contributed by atoms with Crippen LogP contribution >= 0.6 is 0 Å². The molecule has 1 rings (SSSR count). The molecule has 0 aromatic carbocycles. The van der Waals surface area contributed by atoms with Crippen LogP contribution in [0.2, 0.25) is 0 Å². The molecule has 1 N–H and O–H groups in total. The Labute approximate surface area is 85.6 Å². The van der Waals surface area contributed by atoms with Crippen LogP contribution in [0.1, 0.15) is 13.3 Å². The average molecular weight is 215 g/mol. The van der Waals surface area contributed by atoms with Crippen LogP contribution in [0.4, 0.5) is 4.39 Å². The Balaban J connectivity index is 0.000000810. The second kappa shape index (κ2) is 4.25. The monoisotopic (exact) mass is 215 g/mol. The molecule has 1 unspecified atom stereocenters. The molecule has 1 aliphatic rings. The molecule has 53 valence electrons. The molecule has 0 saturated carbocycles. The summed E-state index contributed by atoms with van der Waals surface area (Å²) in [5.41, 5.74) is 1.33. The summed E-state index contributed by atoms with van der Waals surface area (Å²) in [5.74, 6) is 0.